The van der Waals surface area contributed by atoms with Gasteiger partial charge in [-0.15, -0.1) is 0 Å². The maximum Gasteiger partial charge on any atom is 0.229 e. The molecule has 4 nitrogen and oxygen atoms in total. The lowest BCUT2D eigenvalue weighted by atomic mass is 9.91. The zero-order valence-electron chi connectivity index (χ0n) is 14.6. The van der Waals surface area contributed by atoms with Gasteiger partial charge in [-0.3, -0.25) is 9.59 Å². The Labute approximate surface area is 154 Å². The number of benzene rings is 1. The van der Waals surface area contributed by atoms with Crippen molar-refractivity contribution >= 4 is 23.4 Å². The summed E-state index contributed by atoms with van der Waals surface area (Å²) in [6, 6.07) is 7.75. The van der Waals surface area contributed by atoms with E-state index in [1.54, 1.807) is 18.0 Å². The number of nitrogens with zero attached hydrogens (tertiary/aromatic N) is 1. The average molecular weight is 361 g/mol. The van der Waals surface area contributed by atoms with Crippen molar-refractivity contribution in [2.75, 3.05) is 13.6 Å². The van der Waals surface area contributed by atoms with Crippen LogP contribution in [-0.2, 0) is 9.59 Å². The molecule has 2 aliphatic rings. The summed E-state index contributed by atoms with van der Waals surface area (Å²) in [5.41, 5.74) is 1.06. The van der Waals surface area contributed by atoms with Crippen LogP contribution in [0.15, 0.2) is 36.4 Å². The van der Waals surface area contributed by atoms with E-state index in [4.69, 9.17) is 11.6 Å². The Morgan fingerprint density at radius 1 is 1.32 bits per heavy atom. The summed E-state index contributed by atoms with van der Waals surface area (Å²) in [7, 11) is 1.75. The van der Waals surface area contributed by atoms with Crippen LogP contribution in [0.25, 0.3) is 0 Å². The standard InChI is InChI=1S/C20H25ClN2O2/c1-23-13-16(9-5-11-18(23)24)20(25)22-19(14-6-2-3-7-14)15-8-4-10-17(21)12-15/h4-5,8-10,12,14,16,19H,2-3,6-7,11,13H2,1H3,(H,22,25)/t16-,19-/m0/s1. The van der Waals surface area contributed by atoms with Crippen molar-refractivity contribution in [2.24, 2.45) is 11.8 Å². The highest BCUT2D eigenvalue weighted by atomic mass is 35.5. The van der Waals surface area contributed by atoms with Crippen LogP contribution in [0.4, 0.5) is 0 Å². The number of halogens is 1. The van der Waals surface area contributed by atoms with Crippen LogP contribution in [-0.4, -0.2) is 30.3 Å². The minimum absolute atomic E-state index is 0.0188. The largest absolute Gasteiger partial charge is 0.348 e. The van der Waals surface area contributed by atoms with Crippen molar-refractivity contribution in [1.82, 2.24) is 10.2 Å². The molecule has 1 saturated carbocycles. The first-order chi connectivity index (χ1) is 12.0. The van der Waals surface area contributed by atoms with E-state index in [2.05, 4.69) is 5.32 Å². The first-order valence-electron chi connectivity index (χ1n) is 9.01. The lowest BCUT2D eigenvalue weighted by molar-refractivity contribution is -0.130. The summed E-state index contributed by atoms with van der Waals surface area (Å²) in [5, 5.41) is 3.94. The van der Waals surface area contributed by atoms with Gasteiger partial charge in [-0.25, -0.2) is 0 Å². The van der Waals surface area contributed by atoms with Crippen molar-refractivity contribution in [3.05, 3.63) is 47.0 Å². The van der Waals surface area contributed by atoms with Crippen molar-refractivity contribution in [3.8, 4) is 0 Å². The van der Waals surface area contributed by atoms with E-state index in [1.165, 1.54) is 12.8 Å². The smallest absolute Gasteiger partial charge is 0.229 e. The topological polar surface area (TPSA) is 49.4 Å². The van der Waals surface area contributed by atoms with Gasteiger partial charge in [0.25, 0.3) is 0 Å². The molecule has 0 unspecified atom stereocenters. The molecule has 1 aromatic rings. The average Bonchev–Trinajstić information content (AvgIpc) is 3.06. The van der Waals surface area contributed by atoms with Crippen LogP contribution in [0.5, 0.6) is 0 Å². The van der Waals surface area contributed by atoms with Crippen LogP contribution in [0.2, 0.25) is 5.02 Å². The zero-order chi connectivity index (χ0) is 17.8. The van der Waals surface area contributed by atoms with Crippen molar-refractivity contribution in [2.45, 2.75) is 38.1 Å². The number of nitrogens with one attached hydrogen (secondary N) is 1. The third-order valence-corrected chi connectivity index (χ3v) is 5.51. The summed E-state index contributed by atoms with van der Waals surface area (Å²) in [6.07, 6.45) is 8.68. The van der Waals surface area contributed by atoms with Gasteiger partial charge < -0.3 is 10.2 Å². The second-order valence-corrected chi connectivity index (χ2v) is 7.54. The van der Waals surface area contributed by atoms with E-state index in [-0.39, 0.29) is 23.8 Å². The first kappa shape index (κ1) is 18.0. The van der Waals surface area contributed by atoms with Gasteiger partial charge in [0.2, 0.25) is 11.8 Å². The minimum atomic E-state index is -0.306. The van der Waals surface area contributed by atoms with Gasteiger partial charge in [-0.1, -0.05) is 48.7 Å². The molecule has 3 rings (SSSR count). The summed E-state index contributed by atoms with van der Waals surface area (Å²) in [6.45, 7) is 0.425. The second-order valence-electron chi connectivity index (χ2n) is 7.10. The Balaban J connectivity index is 1.77. The Hall–Kier alpha value is -1.81. The summed E-state index contributed by atoms with van der Waals surface area (Å²) in [4.78, 5) is 26.3. The van der Waals surface area contributed by atoms with Crippen molar-refractivity contribution in [3.63, 3.8) is 0 Å². The molecule has 2 atom stereocenters. The third kappa shape index (κ3) is 4.43. The highest BCUT2D eigenvalue weighted by Crippen LogP contribution is 2.36. The molecule has 1 aliphatic carbocycles. The van der Waals surface area contributed by atoms with Gasteiger partial charge in [-0.05, 0) is 36.5 Å². The summed E-state index contributed by atoms with van der Waals surface area (Å²) < 4.78 is 0. The molecule has 5 heteroatoms. The van der Waals surface area contributed by atoms with Crippen LogP contribution < -0.4 is 5.32 Å². The van der Waals surface area contributed by atoms with E-state index in [0.717, 1.165) is 18.4 Å². The summed E-state index contributed by atoms with van der Waals surface area (Å²) in [5.74, 6) is 0.166. The lowest BCUT2D eigenvalue weighted by Crippen LogP contribution is -2.40. The molecule has 0 saturated heterocycles. The molecule has 0 spiro atoms. The molecule has 1 aromatic carbocycles. The molecule has 0 bridgehead atoms. The molecule has 0 radical (unpaired) electrons. The molecule has 1 fully saturated rings. The fourth-order valence-electron chi connectivity index (χ4n) is 3.84. The number of rotatable bonds is 4. The molecule has 25 heavy (non-hydrogen) atoms. The van der Waals surface area contributed by atoms with Gasteiger partial charge in [0.05, 0.1) is 12.0 Å². The zero-order valence-corrected chi connectivity index (χ0v) is 15.3. The van der Waals surface area contributed by atoms with Crippen molar-refractivity contribution in [1.29, 1.82) is 0 Å². The van der Waals surface area contributed by atoms with Crippen LogP contribution >= 0.6 is 11.6 Å². The normalized spacial score (nSPS) is 22.7. The SMILES string of the molecule is CN1C[C@@H](C(=O)N[C@H](c2cccc(Cl)c2)C2CCCC2)C=CCC1=O. The van der Waals surface area contributed by atoms with E-state index >= 15 is 0 Å². The quantitative estimate of drug-likeness (QED) is 0.832. The molecule has 134 valence electrons. The van der Waals surface area contributed by atoms with Gasteiger partial charge in [0, 0.05) is 25.0 Å². The fraction of sp³-hybridized carbons (Fsp3) is 0.500. The number of amides is 2. The highest BCUT2D eigenvalue weighted by molar-refractivity contribution is 6.30. The fourth-order valence-corrected chi connectivity index (χ4v) is 4.04. The van der Waals surface area contributed by atoms with E-state index in [9.17, 15) is 9.59 Å². The van der Waals surface area contributed by atoms with Gasteiger partial charge in [0.1, 0.15) is 0 Å². The molecule has 1 N–H and O–H groups in total. The maximum absolute atomic E-state index is 12.9. The molecule has 0 aromatic heterocycles. The van der Waals surface area contributed by atoms with Crippen LogP contribution in [0.1, 0.15) is 43.7 Å². The molecule has 1 aliphatic heterocycles. The monoisotopic (exact) mass is 360 g/mol. The molecular formula is C20H25ClN2O2. The highest BCUT2D eigenvalue weighted by Gasteiger charge is 2.30. The number of hydrogen-bond donors (Lipinski definition) is 1. The number of carbonyl (C=O) groups excluding carboxylic acids is 2. The Morgan fingerprint density at radius 2 is 2.08 bits per heavy atom. The van der Waals surface area contributed by atoms with E-state index < -0.39 is 0 Å². The number of hydrogen-bond acceptors (Lipinski definition) is 2. The summed E-state index contributed by atoms with van der Waals surface area (Å²) >= 11 is 6.17. The molecule has 1 heterocycles. The van der Waals surface area contributed by atoms with Gasteiger partial charge in [0.15, 0.2) is 0 Å². The predicted octanol–water partition coefficient (Wildman–Crippen LogP) is 3.72. The van der Waals surface area contributed by atoms with Crippen molar-refractivity contribution < 1.29 is 9.59 Å². The Morgan fingerprint density at radius 3 is 2.80 bits per heavy atom. The Bertz CT molecular complexity index is 667. The minimum Gasteiger partial charge on any atom is -0.348 e. The predicted molar refractivity (Wildman–Crippen MR) is 99.2 cm³/mol. The molecule has 2 amide bonds. The lowest BCUT2D eigenvalue weighted by Gasteiger charge is -2.28. The number of carbonyl (C=O) groups is 2. The van der Waals surface area contributed by atoms with Gasteiger partial charge in [-0.2, -0.15) is 0 Å². The van der Waals surface area contributed by atoms with Gasteiger partial charge >= 0.3 is 0 Å². The van der Waals surface area contributed by atoms with E-state index in [1.807, 2.05) is 30.3 Å². The maximum atomic E-state index is 12.9. The first-order valence-corrected chi connectivity index (χ1v) is 9.39. The second kappa shape index (κ2) is 8.05. The molecular weight excluding hydrogens is 336 g/mol. The Kier molecular flexibility index (Phi) is 5.79. The third-order valence-electron chi connectivity index (χ3n) is 5.27. The van der Waals surface area contributed by atoms with Crippen LogP contribution in [0, 0.1) is 11.8 Å². The van der Waals surface area contributed by atoms with Crippen LogP contribution in [0.3, 0.4) is 0 Å². The van der Waals surface area contributed by atoms with E-state index in [0.29, 0.717) is 23.9 Å².